The van der Waals surface area contributed by atoms with Crippen LogP contribution in [0, 0.1) is 17.8 Å². The average Bonchev–Trinajstić information content (AvgIpc) is 2.75. The highest BCUT2D eigenvalue weighted by Crippen LogP contribution is 2.71. The van der Waals surface area contributed by atoms with Crippen LogP contribution in [0.1, 0.15) is 32.1 Å². The Kier molecular flexibility index (Phi) is 3.57. The molecule has 0 saturated heterocycles. The van der Waals surface area contributed by atoms with Crippen molar-refractivity contribution in [1.29, 1.82) is 0 Å². The Morgan fingerprint density at radius 2 is 1.56 bits per heavy atom. The van der Waals surface area contributed by atoms with Crippen LogP contribution in [-0.4, -0.2) is 29.8 Å². The third kappa shape index (κ3) is 2.34. The van der Waals surface area contributed by atoms with Crippen LogP contribution in [0.25, 0.3) is 0 Å². The summed E-state index contributed by atoms with van der Waals surface area (Å²) >= 11 is 0. The molecular formula is C9H18O7P2. The van der Waals surface area contributed by atoms with Gasteiger partial charge >= 0.3 is 15.2 Å². The Balaban J connectivity index is 2.22. The van der Waals surface area contributed by atoms with Crippen molar-refractivity contribution in [3.63, 3.8) is 0 Å². The molecule has 0 aliphatic heterocycles. The Morgan fingerprint density at radius 3 is 1.89 bits per heavy atom. The topological polar surface area (TPSA) is 135 Å². The van der Waals surface area contributed by atoms with E-state index in [1.54, 1.807) is 0 Å². The lowest BCUT2D eigenvalue weighted by molar-refractivity contribution is 0.0947. The van der Waals surface area contributed by atoms with E-state index in [1.165, 1.54) is 0 Å². The number of fused-ring (bicyclic) bond motifs is 2. The lowest BCUT2D eigenvalue weighted by Crippen LogP contribution is -2.33. The van der Waals surface area contributed by atoms with Gasteiger partial charge in [0, 0.05) is 6.42 Å². The summed E-state index contributed by atoms with van der Waals surface area (Å²) < 4.78 is 22.5. The van der Waals surface area contributed by atoms with Gasteiger partial charge in [0.2, 0.25) is 0 Å². The van der Waals surface area contributed by atoms with Crippen molar-refractivity contribution >= 4 is 15.2 Å². The highest BCUT2D eigenvalue weighted by Gasteiger charge is 2.61. The van der Waals surface area contributed by atoms with Gasteiger partial charge < -0.3 is 24.7 Å². The second-order valence-electron chi connectivity index (χ2n) is 5.50. The van der Waals surface area contributed by atoms with Crippen LogP contribution < -0.4 is 0 Å². The quantitative estimate of drug-likeness (QED) is 0.485. The van der Waals surface area contributed by atoms with Crippen molar-refractivity contribution in [3.8, 4) is 0 Å². The molecule has 0 radical (unpaired) electrons. The van der Waals surface area contributed by atoms with E-state index in [1.807, 2.05) is 0 Å². The SMILES string of the molecule is O=P(O)(O)C(O)(C[C@H]1C[C@H]2CC[C@@H]1C2)P(=O)(O)O. The van der Waals surface area contributed by atoms with Crippen molar-refractivity contribution in [2.75, 3.05) is 0 Å². The van der Waals surface area contributed by atoms with E-state index < -0.39 is 26.7 Å². The monoisotopic (exact) mass is 300 g/mol. The molecule has 9 heteroatoms. The van der Waals surface area contributed by atoms with Gasteiger partial charge in [-0.2, -0.15) is 0 Å². The molecule has 106 valence electrons. The van der Waals surface area contributed by atoms with Gasteiger partial charge in [-0.1, -0.05) is 6.42 Å². The van der Waals surface area contributed by atoms with Gasteiger partial charge in [-0.25, -0.2) is 0 Å². The van der Waals surface area contributed by atoms with Crippen LogP contribution in [0.4, 0.5) is 0 Å². The molecule has 0 spiro atoms. The molecule has 0 aromatic carbocycles. The molecule has 2 aliphatic carbocycles. The predicted molar refractivity (Wildman–Crippen MR) is 62.6 cm³/mol. The van der Waals surface area contributed by atoms with Gasteiger partial charge in [-0.05, 0) is 37.0 Å². The highest BCUT2D eigenvalue weighted by atomic mass is 31.2. The van der Waals surface area contributed by atoms with Crippen molar-refractivity contribution in [2.45, 2.75) is 37.2 Å². The fourth-order valence-corrected chi connectivity index (χ4v) is 5.69. The number of aliphatic hydroxyl groups is 1. The van der Waals surface area contributed by atoms with Crippen LogP contribution in [-0.2, 0) is 9.13 Å². The van der Waals surface area contributed by atoms with E-state index >= 15 is 0 Å². The van der Waals surface area contributed by atoms with Crippen molar-refractivity contribution in [2.24, 2.45) is 17.8 Å². The number of hydrogen-bond donors (Lipinski definition) is 5. The minimum absolute atomic E-state index is 0.214. The highest BCUT2D eigenvalue weighted by molar-refractivity contribution is 7.72. The zero-order valence-corrected chi connectivity index (χ0v) is 11.5. The van der Waals surface area contributed by atoms with Crippen molar-refractivity contribution < 1.29 is 33.8 Å². The third-order valence-corrected chi connectivity index (χ3v) is 8.15. The van der Waals surface area contributed by atoms with Crippen LogP contribution in [0.5, 0.6) is 0 Å². The summed E-state index contributed by atoms with van der Waals surface area (Å²) in [6.45, 7) is 0. The van der Waals surface area contributed by atoms with Gasteiger partial charge in [0.05, 0.1) is 0 Å². The fraction of sp³-hybridized carbons (Fsp3) is 1.00. The molecule has 0 amide bonds. The van der Waals surface area contributed by atoms with E-state index in [4.69, 9.17) is 19.6 Å². The zero-order chi connectivity index (χ0) is 13.8. The summed E-state index contributed by atoms with van der Waals surface area (Å²) in [5.41, 5.74) is 0. The minimum atomic E-state index is -5.29. The predicted octanol–water partition coefficient (Wildman–Crippen LogP) is 0.814. The molecule has 5 N–H and O–H groups in total. The van der Waals surface area contributed by atoms with Crippen LogP contribution in [0.2, 0.25) is 0 Å². The van der Waals surface area contributed by atoms with E-state index in [0.717, 1.165) is 19.3 Å². The Bertz CT molecular complexity index is 403. The minimum Gasteiger partial charge on any atom is -0.368 e. The number of rotatable bonds is 4. The first-order chi connectivity index (χ1) is 8.04. The van der Waals surface area contributed by atoms with Crippen molar-refractivity contribution in [3.05, 3.63) is 0 Å². The first-order valence-corrected chi connectivity index (χ1v) is 9.11. The van der Waals surface area contributed by atoms with Gasteiger partial charge in [0.25, 0.3) is 5.08 Å². The average molecular weight is 300 g/mol. The van der Waals surface area contributed by atoms with Crippen LogP contribution in [0.15, 0.2) is 0 Å². The molecule has 3 atom stereocenters. The lowest BCUT2D eigenvalue weighted by Gasteiger charge is -2.34. The second-order valence-corrected chi connectivity index (χ2v) is 9.51. The molecular weight excluding hydrogens is 282 g/mol. The van der Waals surface area contributed by atoms with E-state index in [2.05, 4.69) is 0 Å². The Labute approximate surface area is 105 Å². The summed E-state index contributed by atoms with van der Waals surface area (Å²) in [7, 11) is -10.6. The van der Waals surface area contributed by atoms with Gasteiger partial charge in [0.15, 0.2) is 0 Å². The van der Waals surface area contributed by atoms with Gasteiger partial charge in [-0.15, -0.1) is 0 Å². The maximum atomic E-state index is 11.2. The molecule has 2 aliphatic rings. The van der Waals surface area contributed by atoms with E-state index in [0.29, 0.717) is 12.3 Å². The molecule has 0 aromatic heterocycles. The molecule has 0 heterocycles. The molecule has 2 fully saturated rings. The number of hydrogen-bond acceptors (Lipinski definition) is 3. The summed E-state index contributed by atoms with van der Waals surface area (Å²) in [5, 5.41) is 6.62. The van der Waals surface area contributed by atoms with Gasteiger partial charge in [-0.3, -0.25) is 9.13 Å². The second kappa shape index (κ2) is 4.38. The van der Waals surface area contributed by atoms with E-state index in [-0.39, 0.29) is 11.8 Å². The zero-order valence-electron chi connectivity index (χ0n) is 9.71. The summed E-state index contributed by atoms with van der Waals surface area (Å²) in [4.78, 5) is 36.3. The Morgan fingerprint density at radius 1 is 1.00 bits per heavy atom. The van der Waals surface area contributed by atoms with Crippen LogP contribution >= 0.6 is 15.2 Å². The maximum absolute atomic E-state index is 11.2. The van der Waals surface area contributed by atoms with Crippen molar-refractivity contribution in [1.82, 2.24) is 0 Å². The summed E-state index contributed by atoms with van der Waals surface area (Å²) in [6.07, 6.45) is 3.07. The molecule has 7 nitrogen and oxygen atoms in total. The largest absolute Gasteiger partial charge is 0.369 e. The maximum Gasteiger partial charge on any atom is 0.369 e. The summed E-state index contributed by atoms with van der Waals surface area (Å²) in [5.74, 6) is 0.478. The molecule has 0 unspecified atom stereocenters. The normalized spacial score (nSPS) is 33.1. The standard InChI is InChI=1S/C9H18O7P2/c10-9(17(11,12)13,18(14,15)16)5-8-4-6-1-2-7(8)3-6/h6-8,10H,1-5H2,(H2,11,12,13)(H2,14,15,16)/t6-,7+,8+/m0/s1. The molecule has 18 heavy (non-hydrogen) atoms. The first-order valence-electron chi connectivity index (χ1n) is 5.88. The Hall–Kier alpha value is 0.260. The molecule has 2 bridgehead atoms. The lowest BCUT2D eigenvalue weighted by atomic mass is 9.86. The van der Waals surface area contributed by atoms with Crippen LogP contribution in [0.3, 0.4) is 0 Å². The van der Waals surface area contributed by atoms with Gasteiger partial charge in [0.1, 0.15) is 0 Å². The first kappa shape index (κ1) is 14.7. The smallest absolute Gasteiger partial charge is 0.368 e. The molecule has 0 aromatic rings. The molecule has 2 rings (SSSR count). The summed E-state index contributed by atoms with van der Waals surface area (Å²) in [6, 6.07) is 0. The molecule has 2 saturated carbocycles. The fourth-order valence-electron chi connectivity index (χ4n) is 3.39. The third-order valence-electron chi connectivity index (χ3n) is 4.35. The van der Waals surface area contributed by atoms with E-state index in [9.17, 15) is 14.2 Å².